The number of halogens is 3. The Bertz CT molecular complexity index is 369. The monoisotopic (exact) mass is 263 g/mol. The number of benzene rings is 1. The Morgan fingerprint density at radius 2 is 1.72 bits per heavy atom. The molecule has 0 aliphatic rings. The highest BCUT2D eigenvalue weighted by molar-refractivity contribution is 5.39. The first kappa shape index (κ1) is 14.6. The van der Waals surface area contributed by atoms with Crippen molar-refractivity contribution in [2.75, 3.05) is 19.8 Å². The molecule has 0 radical (unpaired) electrons. The fraction of sp³-hybridized carbons (Fsp3) is 0.500. The molecule has 0 heterocycles. The van der Waals surface area contributed by atoms with Crippen molar-refractivity contribution >= 4 is 0 Å². The van der Waals surface area contributed by atoms with E-state index < -0.39 is 25.2 Å². The molecule has 0 fully saturated rings. The van der Waals surface area contributed by atoms with Crippen LogP contribution in [0.15, 0.2) is 24.3 Å². The van der Waals surface area contributed by atoms with Crippen LogP contribution in [-0.2, 0) is 0 Å². The Hall–Kier alpha value is -1.43. The summed E-state index contributed by atoms with van der Waals surface area (Å²) < 4.78 is 47.8. The van der Waals surface area contributed by atoms with E-state index in [0.29, 0.717) is 18.1 Å². The maximum absolute atomic E-state index is 12.5. The molecule has 18 heavy (non-hydrogen) atoms. The van der Waals surface area contributed by atoms with Crippen LogP contribution in [-0.4, -0.2) is 25.9 Å². The van der Waals surface area contributed by atoms with E-state index in [0.717, 1.165) is 0 Å². The Kier molecular flexibility index (Phi) is 5.27. The van der Waals surface area contributed by atoms with Gasteiger partial charge in [-0.15, -0.1) is 0 Å². The zero-order valence-electron chi connectivity index (χ0n) is 10.0. The van der Waals surface area contributed by atoms with Crippen molar-refractivity contribution in [3.05, 3.63) is 24.3 Å². The molecule has 0 spiro atoms. The van der Waals surface area contributed by atoms with Crippen molar-refractivity contribution in [2.24, 2.45) is 11.7 Å². The smallest absolute Gasteiger partial charge is 0.396 e. The molecule has 0 bridgehead atoms. The van der Waals surface area contributed by atoms with Gasteiger partial charge in [0.1, 0.15) is 12.5 Å². The lowest BCUT2D eigenvalue weighted by Crippen LogP contribution is -2.35. The summed E-state index contributed by atoms with van der Waals surface area (Å²) in [7, 11) is 0. The third kappa shape index (κ3) is 4.10. The topological polar surface area (TPSA) is 44.5 Å². The van der Waals surface area contributed by atoms with E-state index in [2.05, 4.69) is 0 Å². The lowest BCUT2D eigenvalue weighted by atomic mass is 10.1. The number of ether oxygens (including phenoxy) is 2. The predicted molar refractivity (Wildman–Crippen MR) is 61.7 cm³/mol. The van der Waals surface area contributed by atoms with Crippen molar-refractivity contribution in [1.82, 2.24) is 0 Å². The second-order valence-electron chi connectivity index (χ2n) is 3.66. The first-order chi connectivity index (χ1) is 8.49. The fourth-order valence-corrected chi connectivity index (χ4v) is 1.33. The highest BCUT2D eigenvalue weighted by Crippen LogP contribution is 2.30. The van der Waals surface area contributed by atoms with Gasteiger partial charge in [0.2, 0.25) is 0 Å². The van der Waals surface area contributed by atoms with Crippen LogP contribution in [0.1, 0.15) is 6.92 Å². The van der Waals surface area contributed by atoms with Gasteiger partial charge in [0.05, 0.1) is 6.61 Å². The van der Waals surface area contributed by atoms with Crippen LogP contribution in [0.25, 0.3) is 0 Å². The number of hydrogen-bond donors (Lipinski definition) is 1. The molecule has 1 atom stereocenters. The lowest BCUT2D eigenvalue weighted by Gasteiger charge is -2.19. The average Bonchev–Trinajstić information content (AvgIpc) is 2.30. The van der Waals surface area contributed by atoms with Gasteiger partial charge in [-0.2, -0.15) is 13.2 Å². The van der Waals surface area contributed by atoms with Crippen molar-refractivity contribution in [2.45, 2.75) is 13.1 Å². The van der Waals surface area contributed by atoms with Crippen LogP contribution in [0.5, 0.6) is 11.5 Å². The van der Waals surface area contributed by atoms with E-state index in [9.17, 15) is 13.2 Å². The van der Waals surface area contributed by atoms with Gasteiger partial charge in [0.15, 0.2) is 11.5 Å². The quantitative estimate of drug-likeness (QED) is 0.858. The highest BCUT2D eigenvalue weighted by atomic mass is 19.4. The van der Waals surface area contributed by atoms with Gasteiger partial charge in [-0.3, -0.25) is 0 Å². The van der Waals surface area contributed by atoms with Crippen LogP contribution in [0.3, 0.4) is 0 Å². The number of alkyl halides is 3. The summed E-state index contributed by atoms with van der Waals surface area (Å²) in [5, 5.41) is 0. The van der Waals surface area contributed by atoms with Crippen LogP contribution >= 0.6 is 0 Å². The molecular formula is C12H16F3NO2. The molecule has 1 rings (SSSR count). The van der Waals surface area contributed by atoms with Gasteiger partial charge in [0, 0.05) is 6.54 Å². The number of para-hydroxylation sites is 2. The molecule has 1 aromatic carbocycles. The van der Waals surface area contributed by atoms with Crippen molar-refractivity contribution in [3.63, 3.8) is 0 Å². The van der Waals surface area contributed by atoms with Gasteiger partial charge in [-0.05, 0) is 19.1 Å². The standard InChI is InChI=1S/C12H16F3NO2/c1-2-17-10-5-3-4-6-11(10)18-8-9(7-16)12(13,14)15/h3-6,9H,2,7-8,16H2,1H3. The first-order valence-electron chi connectivity index (χ1n) is 5.60. The summed E-state index contributed by atoms with van der Waals surface area (Å²) in [6, 6.07) is 6.60. The molecule has 0 saturated carbocycles. The number of nitrogens with two attached hydrogens (primary N) is 1. The third-order valence-corrected chi connectivity index (χ3v) is 2.34. The summed E-state index contributed by atoms with van der Waals surface area (Å²) >= 11 is 0. The lowest BCUT2D eigenvalue weighted by molar-refractivity contribution is -0.178. The summed E-state index contributed by atoms with van der Waals surface area (Å²) in [5.74, 6) is -0.952. The van der Waals surface area contributed by atoms with Crippen molar-refractivity contribution < 1.29 is 22.6 Å². The predicted octanol–water partition coefficient (Wildman–Crippen LogP) is 2.60. The normalized spacial score (nSPS) is 13.2. The van der Waals surface area contributed by atoms with E-state index in [1.807, 2.05) is 0 Å². The average molecular weight is 263 g/mol. The minimum atomic E-state index is -4.35. The maximum Gasteiger partial charge on any atom is 0.396 e. The maximum atomic E-state index is 12.5. The number of hydrogen-bond acceptors (Lipinski definition) is 3. The van der Waals surface area contributed by atoms with E-state index in [4.69, 9.17) is 15.2 Å². The van der Waals surface area contributed by atoms with Gasteiger partial charge in [0.25, 0.3) is 0 Å². The van der Waals surface area contributed by atoms with Crippen LogP contribution in [0.4, 0.5) is 13.2 Å². The molecule has 0 aromatic heterocycles. The highest BCUT2D eigenvalue weighted by Gasteiger charge is 2.39. The van der Waals surface area contributed by atoms with Gasteiger partial charge in [-0.1, -0.05) is 12.1 Å². The Balaban J connectivity index is 2.67. The number of rotatable bonds is 6. The molecule has 0 saturated heterocycles. The van der Waals surface area contributed by atoms with E-state index in [1.54, 1.807) is 31.2 Å². The third-order valence-electron chi connectivity index (χ3n) is 2.34. The Morgan fingerprint density at radius 1 is 1.17 bits per heavy atom. The summed E-state index contributed by atoms with van der Waals surface area (Å²) in [4.78, 5) is 0. The van der Waals surface area contributed by atoms with Crippen molar-refractivity contribution in [1.29, 1.82) is 0 Å². The van der Waals surface area contributed by atoms with Gasteiger partial charge in [-0.25, -0.2) is 0 Å². The molecule has 3 nitrogen and oxygen atoms in total. The van der Waals surface area contributed by atoms with Crippen LogP contribution in [0.2, 0.25) is 0 Å². The van der Waals surface area contributed by atoms with E-state index >= 15 is 0 Å². The molecule has 2 N–H and O–H groups in total. The fourth-order valence-electron chi connectivity index (χ4n) is 1.33. The zero-order chi connectivity index (χ0) is 13.6. The minimum absolute atomic E-state index is 0.294. The molecular weight excluding hydrogens is 247 g/mol. The van der Waals surface area contributed by atoms with Gasteiger partial charge < -0.3 is 15.2 Å². The Labute approximate surface area is 104 Å². The SMILES string of the molecule is CCOc1ccccc1OCC(CN)C(F)(F)F. The first-order valence-corrected chi connectivity index (χ1v) is 5.60. The molecule has 0 aliphatic heterocycles. The second-order valence-corrected chi connectivity index (χ2v) is 3.66. The summed E-state index contributed by atoms with van der Waals surface area (Å²) in [5.41, 5.74) is 5.09. The van der Waals surface area contributed by atoms with E-state index in [1.165, 1.54) is 0 Å². The molecule has 102 valence electrons. The molecule has 1 aromatic rings. The summed E-state index contributed by atoms with van der Waals surface area (Å²) in [6.45, 7) is 1.19. The molecule has 1 unspecified atom stereocenters. The van der Waals surface area contributed by atoms with E-state index in [-0.39, 0.29) is 0 Å². The Morgan fingerprint density at radius 3 is 2.17 bits per heavy atom. The minimum Gasteiger partial charge on any atom is -0.490 e. The van der Waals surface area contributed by atoms with Crippen LogP contribution < -0.4 is 15.2 Å². The van der Waals surface area contributed by atoms with Crippen molar-refractivity contribution in [3.8, 4) is 11.5 Å². The summed E-state index contributed by atoms with van der Waals surface area (Å²) in [6.07, 6.45) is -4.35. The second kappa shape index (κ2) is 6.49. The molecule has 6 heteroatoms. The molecule has 0 amide bonds. The largest absolute Gasteiger partial charge is 0.490 e. The van der Waals surface area contributed by atoms with Crippen LogP contribution in [0, 0.1) is 5.92 Å². The zero-order valence-corrected chi connectivity index (χ0v) is 10.0. The van der Waals surface area contributed by atoms with Gasteiger partial charge >= 0.3 is 6.18 Å². The molecule has 0 aliphatic carbocycles.